The Balaban J connectivity index is 1.56. The van der Waals surface area contributed by atoms with Crippen LogP contribution in [0.3, 0.4) is 0 Å². The third kappa shape index (κ3) is 3.86. The Kier molecular flexibility index (Phi) is 5.19. The van der Waals surface area contributed by atoms with E-state index >= 15 is 0 Å². The monoisotopic (exact) mass is 332 g/mol. The van der Waals surface area contributed by atoms with Crippen LogP contribution in [-0.4, -0.2) is 60.1 Å². The molecule has 0 spiro atoms. The first-order valence-electron chi connectivity index (χ1n) is 7.68. The zero-order valence-corrected chi connectivity index (χ0v) is 14.0. The zero-order chi connectivity index (χ0) is 16.1. The molecule has 1 aliphatic rings. The summed E-state index contributed by atoms with van der Waals surface area (Å²) in [7, 11) is 1.68. The van der Waals surface area contributed by atoms with Gasteiger partial charge in [-0.15, -0.1) is 0 Å². The van der Waals surface area contributed by atoms with Crippen molar-refractivity contribution < 1.29 is 9.53 Å². The Morgan fingerprint density at radius 3 is 2.65 bits per heavy atom. The van der Waals surface area contributed by atoms with E-state index in [4.69, 9.17) is 4.74 Å². The Morgan fingerprint density at radius 2 is 1.96 bits per heavy atom. The quantitative estimate of drug-likeness (QED) is 0.834. The van der Waals surface area contributed by atoms with E-state index in [1.807, 2.05) is 35.2 Å². The van der Waals surface area contributed by atoms with Gasteiger partial charge in [0.25, 0.3) is 5.91 Å². The number of amides is 1. The summed E-state index contributed by atoms with van der Waals surface area (Å²) in [5.41, 5.74) is 0.749. The van der Waals surface area contributed by atoms with Crippen LogP contribution in [0.15, 0.2) is 30.3 Å². The van der Waals surface area contributed by atoms with Crippen LogP contribution in [-0.2, 0) is 11.2 Å². The molecule has 0 unspecified atom stereocenters. The van der Waals surface area contributed by atoms with Crippen LogP contribution in [0.1, 0.15) is 16.2 Å². The molecule has 122 valence electrons. The van der Waals surface area contributed by atoms with Gasteiger partial charge in [0.2, 0.25) is 5.13 Å². The maximum absolute atomic E-state index is 12.4. The number of anilines is 1. The number of methoxy groups -OCH3 is 1. The first-order valence-corrected chi connectivity index (χ1v) is 8.46. The van der Waals surface area contributed by atoms with Crippen LogP contribution in [0.4, 0.5) is 5.13 Å². The molecule has 3 rings (SSSR count). The maximum atomic E-state index is 12.4. The lowest BCUT2D eigenvalue weighted by Gasteiger charge is -2.34. The molecule has 2 aromatic rings. The summed E-state index contributed by atoms with van der Waals surface area (Å²) >= 11 is 1.42. The molecular formula is C16H20N4O2S. The van der Waals surface area contributed by atoms with E-state index in [0.29, 0.717) is 19.7 Å². The van der Waals surface area contributed by atoms with Gasteiger partial charge in [-0.3, -0.25) is 4.79 Å². The van der Waals surface area contributed by atoms with Crippen molar-refractivity contribution in [2.45, 2.75) is 6.42 Å². The van der Waals surface area contributed by atoms with Gasteiger partial charge in [-0.2, -0.15) is 4.37 Å². The Bertz CT molecular complexity index is 639. The van der Waals surface area contributed by atoms with E-state index in [1.165, 1.54) is 11.5 Å². The largest absolute Gasteiger partial charge is 0.384 e. The highest BCUT2D eigenvalue weighted by atomic mass is 32.1. The second-order valence-electron chi connectivity index (χ2n) is 5.38. The number of rotatable bonds is 5. The number of piperazine rings is 1. The predicted octanol–water partition coefficient (Wildman–Crippen LogP) is 1.69. The number of hydrogen-bond acceptors (Lipinski definition) is 6. The van der Waals surface area contributed by atoms with Gasteiger partial charge in [0.1, 0.15) is 5.82 Å². The fourth-order valence-corrected chi connectivity index (χ4v) is 3.30. The molecule has 0 bridgehead atoms. The van der Waals surface area contributed by atoms with Gasteiger partial charge in [0.15, 0.2) is 0 Å². The molecule has 2 heterocycles. The number of hydrogen-bond donors (Lipinski definition) is 0. The molecule has 0 saturated carbocycles. The summed E-state index contributed by atoms with van der Waals surface area (Å²) in [6, 6.07) is 9.44. The summed E-state index contributed by atoms with van der Waals surface area (Å²) in [4.78, 5) is 21.1. The van der Waals surface area contributed by atoms with E-state index < -0.39 is 0 Å². The lowest BCUT2D eigenvalue weighted by Crippen LogP contribution is -2.48. The van der Waals surface area contributed by atoms with E-state index in [2.05, 4.69) is 14.3 Å². The molecule has 1 amide bonds. The Labute approximate surface area is 139 Å². The highest BCUT2D eigenvalue weighted by molar-refractivity contribution is 7.09. The third-order valence-electron chi connectivity index (χ3n) is 3.85. The average Bonchev–Trinajstić information content (AvgIpc) is 3.09. The number of benzene rings is 1. The van der Waals surface area contributed by atoms with E-state index in [-0.39, 0.29) is 5.91 Å². The van der Waals surface area contributed by atoms with Gasteiger partial charge in [-0.1, -0.05) is 18.2 Å². The van der Waals surface area contributed by atoms with Crippen molar-refractivity contribution in [3.05, 3.63) is 41.7 Å². The van der Waals surface area contributed by atoms with E-state index in [1.54, 1.807) is 7.11 Å². The SMILES string of the molecule is COCCc1nsc(N2CCN(C(=O)c3ccccc3)CC2)n1. The normalized spacial score (nSPS) is 15.0. The van der Waals surface area contributed by atoms with Gasteiger partial charge >= 0.3 is 0 Å². The van der Waals surface area contributed by atoms with Crippen LogP contribution in [0.25, 0.3) is 0 Å². The fraction of sp³-hybridized carbons (Fsp3) is 0.438. The van der Waals surface area contributed by atoms with Crippen molar-refractivity contribution in [2.24, 2.45) is 0 Å². The number of aromatic nitrogens is 2. The summed E-state index contributed by atoms with van der Waals surface area (Å²) in [6.07, 6.45) is 0.736. The number of ether oxygens (including phenoxy) is 1. The summed E-state index contributed by atoms with van der Waals surface area (Å²) < 4.78 is 9.41. The van der Waals surface area contributed by atoms with Gasteiger partial charge in [0, 0.05) is 56.8 Å². The first-order chi connectivity index (χ1) is 11.3. The van der Waals surface area contributed by atoms with Gasteiger partial charge in [-0.25, -0.2) is 4.98 Å². The molecule has 23 heavy (non-hydrogen) atoms. The number of nitrogens with zero attached hydrogens (tertiary/aromatic N) is 4. The van der Waals surface area contributed by atoms with Crippen molar-refractivity contribution >= 4 is 22.6 Å². The van der Waals surface area contributed by atoms with Gasteiger partial charge in [-0.05, 0) is 12.1 Å². The van der Waals surface area contributed by atoms with Crippen molar-refractivity contribution in [1.29, 1.82) is 0 Å². The topological polar surface area (TPSA) is 58.6 Å². The molecule has 0 atom stereocenters. The van der Waals surface area contributed by atoms with Crippen molar-refractivity contribution in [2.75, 3.05) is 44.8 Å². The summed E-state index contributed by atoms with van der Waals surface area (Å²) in [6.45, 7) is 3.63. The second-order valence-corrected chi connectivity index (χ2v) is 6.11. The summed E-state index contributed by atoms with van der Waals surface area (Å²) in [5.74, 6) is 0.929. The number of carbonyl (C=O) groups excluding carboxylic acids is 1. The minimum absolute atomic E-state index is 0.100. The minimum atomic E-state index is 0.100. The molecule has 0 radical (unpaired) electrons. The number of carbonyl (C=O) groups is 1. The van der Waals surface area contributed by atoms with E-state index in [0.717, 1.165) is 36.0 Å². The van der Waals surface area contributed by atoms with Crippen molar-refractivity contribution in [1.82, 2.24) is 14.3 Å². The van der Waals surface area contributed by atoms with Crippen LogP contribution in [0.2, 0.25) is 0 Å². The fourth-order valence-electron chi connectivity index (χ4n) is 2.53. The lowest BCUT2D eigenvalue weighted by atomic mass is 10.2. The van der Waals surface area contributed by atoms with Crippen LogP contribution in [0, 0.1) is 0 Å². The predicted molar refractivity (Wildman–Crippen MR) is 90.0 cm³/mol. The highest BCUT2D eigenvalue weighted by Gasteiger charge is 2.23. The van der Waals surface area contributed by atoms with Crippen LogP contribution in [0.5, 0.6) is 0 Å². The van der Waals surface area contributed by atoms with Crippen LogP contribution >= 0.6 is 11.5 Å². The maximum Gasteiger partial charge on any atom is 0.253 e. The molecule has 1 saturated heterocycles. The average molecular weight is 332 g/mol. The highest BCUT2D eigenvalue weighted by Crippen LogP contribution is 2.20. The Morgan fingerprint density at radius 1 is 1.22 bits per heavy atom. The minimum Gasteiger partial charge on any atom is -0.384 e. The molecule has 1 aromatic carbocycles. The molecule has 7 heteroatoms. The van der Waals surface area contributed by atoms with Gasteiger partial charge in [0.05, 0.1) is 6.61 Å². The molecule has 1 aliphatic heterocycles. The van der Waals surface area contributed by atoms with Crippen molar-refractivity contribution in [3.8, 4) is 0 Å². The standard InChI is InChI=1S/C16H20N4O2S/c1-22-12-7-14-17-16(23-18-14)20-10-8-19(9-11-20)15(21)13-5-3-2-4-6-13/h2-6H,7-12H2,1H3. The third-order valence-corrected chi connectivity index (χ3v) is 4.66. The lowest BCUT2D eigenvalue weighted by molar-refractivity contribution is 0.0746. The molecular weight excluding hydrogens is 312 g/mol. The molecule has 6 nitrogen and oxygen atoms in total. The molecule has 0 aliphatic carbocycles. The Hall–Kier alpha value is -1.99. The summed E-state index contributed by atoms with van der Waals surface area (Å²) in [5, 5.41) is 0.933. The van der Waals surface area contributed by atoms with E-state index in [9.17, 15) is 4.79 Å². The van der Waals surface area contributed by atoms with Gasteiger partial charge < -0.3 is 14.5 Å². The van der Waals surface area contributed by atoms with Crippen LogP contribution < -0.4 is 4.90 Å². The molecule has 1 aromatic heterocycles. The zero-order valence-electron chi connectivity index (χ0n) is 13.1. The second kappa shape index (κ2) is 7.52. The molecule has 1 fully saturated rings. The molecule has 0 N–H and O–H groups in total. The smallest absolute Gasteiger partial charge is 0.253 e. The first kappa shape index (κ1) is 15.9. The van der Waals surface area contributed by atoms with Crippen molar-refractivity contribution in [3.63, 3.8) is 0 Å².